The Hall–Kier alpha value is -2.70. The van der Waals surface area contributed by atoms with Gasteiger partial charge in [0.2, 0.25) is 11.7 Å². The van der Waals surface area contributed by atoms with Crippen molar-refractivity contribution < 1.29 is 9.18 Å². The molecule has 1 unspecified atom stereocenters. The number of rotatable bonds is 5. The van der Waals surface area contributed by atoms with E-state index >= 15 is 0 Å². The van der Waals surface area contributed by atoms with Gasteiger partial charge in [0.25, 0.3) is 0 Å². The molecule has 6 nitrogen and oxygen atoms in total. The van der Waals surface area contributed by atoms with Gasteiger partial charge in [0.1, 0.15) is 6.33 Å². The summed E-state index contributed by atoms with van der Waals surface area (Å²) in [6, 6.07) is 9.69. The van der Waals surface area contributed by atoms with Gasteiger partial charge < -0.3 is 16.0 Å². The molecule has 2 heterocycles. The van der Waals surface area contributed by atoms with Crippen LogP contribution in [0.15, 0.2) is 36.7 Å². The van der Waals surface area contributed by atoms with Crippen molar-refractivity contribution in [2.75, 3.05) is 23.3 Å². The lowest BCUT2D eigenvalue weighted by molar-refractivity contribution is -0.122. The number of hydrogen-bond donors (Lipinski definition) is 2. The Kier molecular flexibility index (Phi) is 4.88. The lowest BCUT2D eigenvalue weighted by Gasteiger charge is -2.32. The van der Waals surface area contributed by atoms with E-state index in [1.165, 1.54) is 6.33 Å². The van der Waals surface area contributed by atoms with E-state index in [4.69, 9.17) is 5.73 Å². The fourth-order valence-electron chi connectivity index (χ4n) is 2.89. The van der Waals surface area contributed by atoms with Crippen LogP contribution in [0.2, 0.25) is 0 Å². The standard InChI is InChI=1S/C17H20FN5O/c18-14-16(20-9-12-5-2-1-3-6-12)21-11-22-17(14)23-8-4-7-13(10-23)15(19)24/h1-3,5-6,11,13H,4,7-10H2,(H2,19,24)(H,20,21,22). The third kappa shape index (κ3) is 3.61. The molecule has 126 valence electrons. The van der Waals surface area contributed by atoms with E-state index in [0.717, 1.165) is 18.4 Å². The first-order valence-electron chi connectivity index (χ1n) is 7.97. The molecule has 0 saturated carbocycles. The van der Waals surface area contributed by atoms with Crippen LogP contribution in [0.4, 0.5) is 16.0 Å². The van der Waals surface area contributed by atoms with E-state index in [9.17, 15) is 9.18 Å². The molecule has 24 heavy (non-hydrogen) atoms. The van der Waals surface area contributed by atoms with Crippen LogP contribution in [-0.2, 0) is 11.3 Å². The fourth-order valence-corrected chi connectivity index (χ4v) is 2.89. The van der Waals surface area contributed by atoms with Crippen molar-refractivity contribution in [1.29, 1.82) is 0 Å². The summed E-state index contributed by atoms with van der Waals surface area (Å²) in [7, 11) is 0. The fraction of sp³-hybridized carbons (Fsp3) is 0.353. The second-order valence-corrected chi connectivity index (χ2v) is 5.89. The summed E-state index contributed by atoms with van der Waals surface area (Å²) in [5.74, 6) is -0.749. The lowest BCUT2D eigenvalue weighted by atomic mass is 9.97. The van der Waals surface area contributed by atoms with Crippen LogP contribution >= 0.6 is 0 Å². The van der Waals surface area contributed by atoms with E-state index in [1.807, 2.05) is 30.3 Å². The zero-order valence-corrected chi connectivity index (χ0v) is 13.3. The number of nitrogens with two attached hydrogens (primary N) is 1. The summed E-state index contributed by atoms with van der Waals surface area (Å²) < 4.78 is 14.7. The summed E-state index contributed by atoms with van der Waals surface area (Å²) in [5, 5.41) is 3.00. The molecule has 1 fully saturated rings. The predicted molar refractivity (Wildman–Crippen MR) is 89.9 cm³/mol. The number of carbonyl (C=O) groups is 1. The van der Waals surface area contributed by atoms with Crippen molar-refractivity contribution in [3.63, 3.8) is 0 Å². The number of nitrogens with zero attached hydrogens (tertiary/aromatic N) is 3. The first-order chi connectivity index (χ1) is 11.6. The Morgan fingerprint density at radius 2 is 2.12 bits per heavy atom. The summed E-state index contributed by atoms with van der Waals surface area (Å²) in [4.78, 5) is 21.2. The quantitative estimate of drug-likeness (QED) is 0.876. The molecule has 2 aromatic rings. The van der Waals surface area contributed by atoms with Crippen molar-refractivity contribution >= 4 is 17.5 Å². The number of amides is 1. The average Bonchev–Trinajstić information content (AvgIpc) is 2.62. The first-order valence-corrected chi connectivity index (χ1v) is 7.97. The molecular formula is C17H20FN5O. The van der Waals surface area contributed by atoms with Crippen LogP contribution in [-0.4, -0.2) is 29.0 Å². The highest BCUT2D eigenvalue weighted by Crippen LogP contribution is 2.26. The summed E-state index contributed by atoms with van der Waals surface area (Å²) in [6.07, 6.45) is 2.85. The largest absolute Gasteiger partial charge is 0.369 e. The first kappa shape index (κ1) is 16.2. The van der Waals surface area contributed by atoms with Crippen LogP contribution in [0.3, 0.4) is 0 Å². The van der Waals surface area contributed by atoms with E-state index < -0.39 is 5.82 Å². The van der Waals surface area contributed by atoms with Gasteiger partial charge >= 0.3 is 0 Å². The van der Waals surface area contributed by atoms with Gasteiger partial charge in [-0.1, -0.05) is 30.3 Å². The van der Waals surface area contributed by atoms with Gasteiger partial charge in [-0.25, -0.2) is 9.97 Å². The minimum Gasteiger partial charge on any atom is -0.369 e. The molecular weight excluding hydrogens is 309 g/mol. The van der Waals surface area contributed by atoms with Crippen molar-refractivity contribution in [2.24, 2.45) is 11.7 Å². The molecule has 3 rings (SSSR count). The molecule has 0 bridgehead atoms. The number of piperidine rings is 1. The highest BCUT2D eigenvalue weighted by atomic mass is 19.1. The Balaban J connectivity index is 1.74. The maximum Gasteiger partial charge on any atom is 0.222 e. The number of primary amides is 1. The third-order valence-electron chi connectivity index (χ3n) is 4.20. The average molecular weight is 329 g/mol. The number of benzene rings is 1. The van der Waals surface area contributed by atoms with Gasteiger partial charge in [0.15, 0.2) is 11.6 Å². The van der Waals surface area contributed by atoms with Crippen molar-refractivity contribution in [3.05, 3.63) is 48.0 Å². The van der Waals surface area contributed by atoms with Gasteiger partial charge in [-0.3, -0.25) is 4.79 Å². The normalized spacial score (nSPS) is 17.5. The topological polar surface area (TPSA) is 84.1 Å². The summed E-state index contributed by atoms with van der Waals surface area (Å²) in [5.41, 5.74) is 6.41. The van der Waals surface area contributed by atoms with Crippen molar-refractivity contribution in [1.82, 2.24) is 9.97 Å². The van der Waals surface area contributed by atoms with Gasteiger partial charge in [-0.2, -0.15) is 4.39 Å². The van der Waals surface area contributed by atoms with Crippen LogP contribution in [0.5, 0.6) is 0 Å². The predicted octanol–water partition coefficient (Wildman–Crippen LogP) is 1.93. The Bertz CT molecular complexity index is 709. The van der Waals surface area contributed by atoms with Gasteiger partial charge in [-0.05, 0) is 18.4 Å². The number of halogens is 1. The van der Waals surface area contributed by atoms with Crippen LogP contribution < -0.4 is 16.0 Å². The molecule has 7 heteroatoms. The number of carbonyl (C=O) groups excluding carboxylic acids is 1. The van der Waals surface area contributed by atoms with Crippen molar-refractivity contribution in [3.8, 4) is 0 Å². The third-order valence-corrected chi connectivity index (χ3v) is 4.20. The van der Waals surface area contributed by atoms with E-state index in [1.54, 1.807) is 4.90 Å². The second kappa shape index (κ2) is 7.25. The Morgan fingerprint density at radius 3 is 2.88 bits per heavy atom. The van der Waals surface area contributed by atoms with Gasteiger partial charge in [-0.15, -0.1) is 0 Å². The molecule has 3 N–H and O–H groups in total. The number of aromatic nitrogens is 2. The number of anilines is 2. The van der Waals surface area contributed by atoms with Crippen LogP contribution in [0.25, 0.3) is 0 Å². The SMILES string of the molecule is NC(=O)C1CCCN(c2ncnc(NCc3ccccc3)c2F)C1. The van der Waals surface area contributed by atoms with E-state index in [2.05, 4.69) is 15.3 Å². The van der Waals surface area contributed by atoms with Gasteiger partial charge in [0, 0.05) is 19.6 Å². The minimum atomic E-state index is -0.501. The monoisotopic (exact) mass is 329 g/mol. The molecule has 1 aliphatic heterocycles. The maximum absolute atomic E-state index is 14.7. The van der Waals surface area contributed by atoms with Crippen molar-refractivity contribution in [2.45, 2.75) is 19.4 Å². The van der Waals surface area contributed by atoms with Gasteiger partial charge in [0.05, 0.1) is 5.92 Å². The zero-order chi connectivity index (χ0) is 16.9. The lowest BCUT2D eigenvalue weighted by Crippen LogP contribution is -2.42. The molecule has 0 radical (unpaired) electrons. The zero-order valence-electron chi connectivity index (χ0n) is 13.3. The summed E-state index contributed by atoms with van der Waals surface area (Å²) in [6.45, 7) is 1.51. The molecule has 0 aliphatic carbocycles. The summed E-state index contributed by atoms with van der Waals surface area (Å²) >= 11 is 0. The van der Waals surface area contributed by atoms with E-state index in [0.29, 0.717) is 19.6 Å². The maximum atomic E-state index is 14.7. The molecule has 1 saturated heterocycles. The molecule has 1 atom stereocenters. The molecule has 0 spiro atoms. The molecule has 1 aromatic heterocycles. The smallest absolute Gasteiger partial charge is 0.222 e. The molecule has 1 amide bonds. The molecule has 1 aliphatic rings. The number of nitrogens with one attached hydrogen (secondary N) is 1. The minimum absolute atomic E-state index is 0.157. The highest BCUT2D eigenvalue weighted by molar-refractivity contribution is 5.77. The van der Waals surface area contributed by atoms with Crippen LogP contribution in [0, 0.1) is 11.7 Å². The Labute approximate surface area is 139 Å². The molecule has 1 aromatic carbocycles. The van der Waals surface area contributed by atoms with Crippen LogP contribution in [0.1, 0.15) is 18.4 Å². The van der Waals surface area contributed by atoms with E-state index in [-0.39, 0.29) is 23.5 Å². The Morgan fingerprint density at radius 1 is 1.33 bits per heavy atom. The second-order valence-electron chi connectivity index (χ2n) is 5.89. The number of hydrogen-bond acceptors (Lipinski definition) is 5. The highest BCUT2D eigenvalue weighted by Gasteiger charge is 2.27.